The first-order valence-electron chi connectivity index (χ1n) is 7.92. The van der Waals surface area contributed by atoms with Crippen molar-refractivity contribution in [3.05, 3.63) is 65.5 Å². The Kier molecular flexibility index (Phi) is 3.57. The van der Waals surface area contributed by atoms with E-state index in [0.29, 0.717) is 11.4 Å². The van der Waals surface area contributed by atoms with E-state index in [-0.39, 0.29) is 11.6 Å². The van der Waals surface area contributed by atoms with Gasteiger partial charge in [-0.2, -0.15) is 0 Å². The van der Waals surface area contributed by atoms with E-state index in [4.69, 9.17) is 5.11 Å². The Morgan fingerprint density at radius 2 is 2.04 bits per heavy atom. The largest absolute Gasteiger partial charge is 0.478 e. The summed E-state index contributed by atoms with van der Waals surface area (Å²) in [6.45, 7) is 0. The number of carboxylic acid groups (broad SMARTS) is 1. The van der Waals surface area contributed by atoms with Crippen molar-refractivity contribution < 1.29 is 9.90 Å². The zero-order valence-electron chi connectivity index (χ0n) is 13.0. The average Bonchev–Trinajstić information content (AvgIpc) is 3.11. The number of pyridine rings is 1. The van der Waals surface area contributed by atoms with Gasteiger partial charge in [-0.25, -0.2) is 9.48 Å². The van der Waals surface area contributed by atoms with Crippen LogP contribution in [0.5, 0.6) is 0 Å². The Labute approximate surface area is 138 Å². The lowest BCUT2D eigenvalue weighted by atomic mass is 9.88. The second-order valence-electron chi connectivity index (χ2n) is 5.93. The minimum absolute atomic E-state index is 0.160. The Balaban J connectivity index is 1.65. The number of hydrogen-bond donors (Lipinski definition) is 1. The van der Waals surface area contributed by atoms with E-state index in [1.165, 1.54) is 23.4 Å². The van der Waals surface area contributed by atoms with Gasteiger partial charge < -0.3 is 5.11 Å². The first-order chi connectivity index (χ1) is 11.7. The lowest BCUT2D eigenvalue weighted by Crippen LogP contribution is -2.17. The highest BCUT2D eigenvalue weighted by molar-refractivity contribution is 5.87. The Morgan fingerprint density at radius 1 is 1.17 bits per heavy atom. The summed E-state index contributed by atoms with van der Waals surface area (Å²) in [6.07, 6.45) is 6.49. The third kappa shape index (κ3) is 2.56. The molecule has 1 aromatic carbocycles. The molecule has 6 nitrogen and oxygen atoms in total. The van der Waals surface area contributed by atoms with Gasteiger partial charge in [0, 0.05) is 6.20 Å². The number of fused-ring (bicyclic) bond motifs is 1. The minimum Gasteiger partial charge on any atom is -0.478 e. The van der Waals surface area contributed by atoms with Crippen molar-refractivity contribution in [2.75, 3.05) is 0 Å². The van der Waals surface area contributed by atoms with Crippen molar-refractivity contribution in [2.45, 2.75) is 25.3 Å². The van der Waals surface area contributed by atoms with Crippen LogP contribution in [0, 0.1) is 0 Å². The second kappa shape index (κ2) is 5.88. The fourth-order valence-electron chi connectivity index (χ4n) is 3.22. The number of hydrogen-bond acceptors (Lipinski definition) is 4. The highest BCUT2D eigenvalue weighted by Crippen LogP contribution is 2.32. The summed E-state index contributed by atoms with van der Waals surface area (Å²) < 4.78 is 1.89. The van der Waals surface area contributed by atoms with Crippen molar-refractivity contribution in [3.63, 3.8) is 0 Å². The van der Waals surface area contributed by atoms with Crippen LogP contribution in [0.2, 0.25) is 0 Å². The van der Waals surface area contributed by atoms with Gasteiger partial charge in [-0.15, -0.1) is 5.10 Å². The number of aryl methyl sites for hydroxylation is 1. The van der Waals surface area contributed by atoms with Crippen LogP contribution in [0.25, 0.3) is 11.4 Å². The fourth-order valence-corrected chi connectivity index (χ4v) is 3.22. The first-order valence-corrected chi connectivity index (χ1v) is 7.92. The lowest BCUT2D eigenvalue weighted by Gasteiger charge is -2.25. The minimum atomic E-state index is -0.989. The molecule has 24 heavy (non-hydrogen) atoms. The van der Waals surface area contributed by atoms with Gasteiger partial charge >= 0.3 is 5.97 Å². The average molecular weight is 320 g/mol. The Morgan fingerprint density at radius 3 is 2.83 bits per heavy atom. The molecule has 0 bridgehead atoms. The molecule has 0 aliphatic heterocycles. The maximum atomic E-state index is 10.9. The molecule has 0 amide bonds. The van der Waals surface area contributed by atoms with Crippen molar-refractivity contribution in [2.24, 2.45) is 0 Å². The number of benzene rings is 1. The molecule has 1 unspecified atom stereocenters. The van der Waals surface area contributed by atoms with E-state index in [1.807, 2.05) is 10.9 Å². The van der Waals surface area contributed by atoms with Crippen LogP contribution >= 0.6 is 0 Å². The molecular formula is C18H16N4O2. The van der Waals surface area contributed by atoms with Gasteiger partial charge in [0.2, 0.25) is 0 Å². The van der Waals surface area contributed by atoms with Crippen LogP contribution in [0.15, 0.2) is 48.8 Å². The van der Waals surface area contributed by atoms with Gasteiger partial charge in [0.25, 0.3) is 0 Å². The predicted octanol–water partition coefficient (Wildman–Crippen LogP) is 2.96. The summed E-state index contributed by atoms with van der Waals surface area (Å²) in [6, 6.07) is 11.8. The topological polar surface area (TPSA) is 80.9 Å². The number of carbonyl (C=O) groups is 1. The number of nitrogens with zero attached hydrogens (tertiary/aromatic N) is 4. The molecule has 1 aliphatic carbocycles. The van der Waals surface area contributed by atoms with Gasteiger partial charge in [-0.1, -0.05) is 29.5 Å². The smallest absolute Gasteiger partial charge is 0.337 e. The normalized spacial score (nSPS) is 16.6. The third-order valence-corrected chi connectivity index (χ3v) is 4.44. The quantitative estimate of drug-likeness (QED) is 0.802. The number of aromatic carboxylic acids is 1. The molecule has 2 aromatic heterocycles. The van der Waals surface area contributed by atoms with Gasteiger partial charge in [-0.05, 0) is 42.5 Å². The first kappa shape index (κ1) is 14.6. The maximum absolute atomic E-state index is 10.9. The van der Waals surface area contributed by atoms with Gasteiger partial charge in [0.15, 0.2) is 0 Å². The molecule has 2 heterocycles. The van der Waals surface area contributed by atoms with Crippen LogP contribution in [-0.2, 0) is 6.42 Å². The van der Waals surface area contributed by atoms with Gasteiger partial charge in [0.05, 0.1) is 23.5 Å². The predicted molar refractivity (Wildman–Crippen MR) is 87.7 cm³/mol. The standard InChI is InChI=1S/C18H16N4O2/c23-18(24)13-8-9-15(19-10-13)16-11-22(21-20-16)17-7-3-5-12-4-1-2-6-14(12)17/h1-2,4,6,8-11,17H,3,5,7H2,(H,23,24). The molecule has 4 rings (SSSR count). The maximum Gasteiger partial charge on any atom is 0.337 e. The summed E-state index contributed by atoms with van der Waals surface area (Å²) in [5.74, 6) is -0.989. The fraction of sp³-hybridized carbons (Fsp3) is 0.222. The molecular weight excluding hydrogens is 304 g/mol. The van der Waals surface area contributed by atoms with E-state index in [2.05, 4.69) is 39.6 Å². The number of aromatic nitrogens is 4. The van der Waals surface area contributed by atoms with E-state index < -0.39 is 5.97 Å². The molecule has 0 saturated heterocycles. The zero-order valence-corrected chi connectivity index (χ0v) is 13.0. The van der Waals surface area contributed by atoms with Crippen LogP contribution in [0.4, 0.5) is 0 Å². The van der Waals surface area contributed by atoms with Crippen LogP contribution < -0.4 is 0 Å². The SMILES string of the molecule is O=C(O)c1ccc(-c2cn(C3CCCc4ccccc43)nn2)nc1. The molecule has 1 atom stereocenters. The second-order valence-corrected chi connectivity index (χ2v) is 5.93. The summed E-state index contributed by atoms with van der Waals surface area (Å²) in [5, 5.41) is 17.4. The van der Waals surface area contributed by atoms with Crippen molar-refractivity contribution in [3.8, 4) is 11.4 Å². The van der Waals surface area contributed by atoms with Crippen LogP contribution in [0.3, 0.4) is 0 Å². The molecule has 120 valence electrons. The Bertz CT molecular complexity index is 886. The van der Waals surface area contributed by atoms with Crippen LogP contribution in [0.1, 0.15) is 40.4 Å². The van der Waals surface area contributed by atoms with E-state index >= 15 is 0 Å². The van der Waals surface area contributed by atoms with E-state index in [9.17, 15) is 4.79 Å². The molecule has 3 aromatic rings. The third-order valence-electron chi connectivity index (χ3n) is 4.44. The highest BCUT2D eigenvalue weighted by Gasteiger charge is 2.22. The summed E-state index contributed by atoms with van der Waals surface area (Å²) in [5.41, 5.74) is 4.10. The van der Waals surface area contributed by atoms with Crippen molar-refractivity contribution in [1.82, 2.24) is 20.0 Å². The zero-order chi connectivity index (χ0) is 16.5. The molecule has 0 saturated carbocycles. The monoisotopic (exact) mass is 320 g/mol. The summed E-state index contributed by atoms with van der Waals surface area (Å²) in [4.78, 5) is 15.1. The van der Waals surface area contributed by atoms with Gasteiger partial charge in [0.1, 0.15) is 5.69 Å². The molecule has 0 spiro atoms. The molecule has 0 fully saturated rings. The van der Waals surface area contributed by atoms with Crippen LogP contribution in [-0.4, -0.2) is 31.1 Å². The Hall–Kier alpha value is -3.02. The number of carboxylic acids is 1. The molecule has 1 N–H and O–H groups in total. The van der Waals surface area contributed by atoms with Crippen molar-refractivity contribution >= 4 is 5.97 Å². The van der Waals surface area contributed by atoms with Gasteiger partial charge in [-0.3, -0.25) is 4.98 Å². The highest BCUT2D eigenvalue weighted by atomic mass is 16.4. The lowest BCUT2D eigenvalue weighted by molar-refractivity contribution is 0.0696. The van der Waals surface area contributed by atoms with E-state index in [1.54, 1.807) is 6.07 Å². The molecule has 1 aliphatic rings. The summed E-state index contributed by atoms with van der Waals surface area (Å²) in [7, 11) is 0. The summed E-state index contributed by atoms with van der Waals surface area (Å²) >= 11 is 0. The van der Waals surface area contributed by atoms with Crippen molar-refractivity contribution in [1.29, 1.82) is 0 Å². The molecule has 0 radical (unpaired) electrons. The molecule has 6 heteroatoms. The van der Waals surface area contributed by atoms with E-state index in [0.717, 1.165) is 19.3 Å². The number of rotatable bonds is 3.